The van der Waals surface area contributed by atoms with E-state index in [9.17, 15) is 0 Å². The van der Waals surface area contributed by atoms with Crippen molar-refractivity contribution in [1.29, 1.82) is 5.26 Å². The van der Waals surface area contributed by atoms with Gasteiger partial charge in [0.25, 0.3) is 0 Å². The fourth-order valence-corrected chi connectivity index (χ4v) is 5.14. The van der Waals surface area contributed by atoms with Gasteiger partial charge in [0.2, 0.25) is 0 Å². The molecule has 2 N–H and O–H groups in total. The summed E-state index contributed by atoms with van der Waals surface area (Å²) in [7, 11) is 0.939. The van der Waals surface area contributed by atoms with E-state index in [0.717, 1.165) is 29.2 Å². The van der Waals surface area contributed by atoms with E-state index >= 15 is 0 Å². The van der Waals surface area contributed by atoms with Crippen molar-refractivity contribution in [2.24, 2.45) is 0 Å². The first-order valence-corrected chi connectivity index (χ1v) is 22.1. The van der Waals surface area contributed by atoms with Crippen molar-refractivity contribution in [3.8, 4) is 6.07 Å². The Morgan fingerprint density at radius 3 is 1.67 bits per heavy atom. The number of rotatable bonds is 4. The number of piperazine rings is 1. The monoisotopic (exact) mass is 786 g/mol. The first-order chi connectivity index (χ1) is 24.2. The molecule has 0 saturated carbocycles. The number of aromatic amines is 2. The number of aromatic nitrogens is 12. The van der Waals surface area contributed by atoms with Gasteiger partial charge in [-0.2, -0.15) is 15.6 Å². The lowest BCUT2D eigenvalue weighted by Crippen LogP contribution is -2.47. The lowest BCUT2D eigenvalue weighted by Gasteiger charge is -2.34. The molecule has 1 saturated heterocycles. The van der Waals surface area contributed by atoms with Crippen LogP contribution in [0.25, 0.3) is 0 Å². The number of nitrogens with zero attached hydrogens (tertiary/aromatic N) is 13. The van der Waals surface area contributed by atoms with Gasteiger partial charge in [0.15, 0.2) is 11.6 Å². The van der Waals surface area contributed by atoms with Crippen molar-refractivity contribution < 1.29 is 0 Å². The molecule has 0 atom stereocenters. The molecule has 1 aliphatic heterocycles. The lowest BCUT2D eigenvalue weighted by atomic mass is 9.96. The molecular formula is C39H79N15Si. The molecule has 0 aromatic carbocycles. The fraction of sp³-hybridized carbons (Fsp3) is 0.769. The van der Waals surface area contributed by atoms with E-state index in [1.165, 1.54) is 31.5 Å². The topological polar surface area (TPSA) is 175 Å². The third-order valence-corrected chi connectivity index (χ3v) is 9.80. The number of imidazole rings is 1. The van der Waals surface area contributed by atoms with Crippen LogP contribution in [0.15, 0.2) is 18.7 Å². The quantitative estimate of drug-likeness (QED) is 0.205. The van der Waals surface area contributed by atoms with Gasteiger partial charge in [-0.15, -0.1) is 15.3 Å². The molecule has 15 nitrogen and oxygen atoms in total. The summed E-state index contributed by atoms with van der Waals surface area (Å²) in [4.78, 5) is 13.2. The Labute approximate surface area is 335 Å². The zero-order chi connectivity index (χ0) is 40.8. The minimum absolute atomic E-state index is 0. The van der Waals surface area contributed by atoms with Gasteiger partial charge in [0.1, 0.15) is 13.9 Å². The molecule has 55 heavy (non-hydrogen) atoms. The molecule has 0 aliphatic carbocycles. The standard InChI is InChI=1S/C9H13N3.C8H17N3Si.C8H18N2.C7H13N3.C5H10N4.2CH4/c1-9(2,3)12-6-8(4-5-10)11-7-12;1-7(2)11-6-8(9-10-11)12(3,4)5;1-8(2)10-6-4-9(3)5-7-10;1-5-8-6(10-9-5)7(2,3)4;1-5(2,3)4-6-8-9-7-4;;/h6-7H,4H2,1-3H3;6-7H,1-5H3;8H,4-7H2,1-3H3;1-4H3,(H,8,9,10);1-3H3,(H,6,7,8,9);2*1H4. The molecule has 4 aromatic heterocycles. The summed E-state index contributed by atoms with van der Waals surface area (Å²) < 4.78 is 3.94. The minimum atomic E-state index is -1.25. The van der Waals surface area contributed by atoms with Crippen LogP contribution in [-0.4, -0.2) is 117 Å². The Morgan fingerprint density at radius 2 is 1.38 bits per heavy atom. The Balaban J connectivity index is 0. The van der Waals surface area contributed by atoms with Crippen LogP contribution in [0.5, 0.6) is 0 Å². The Bertz CT molecular complexity index is 1590. The number of likely N-dealkylation sites (N-methyl/N-ethyl adjacent to an activating group) is 1. The smallest absolute Gasteiger partial charge is 0.179 e. The summed E-state index contributed by atoms with van der Waals surface area (Å²) in [5.41, 5.74) is 0.964. The van der Waals surface area contributed by atoms with Gasteiger partial charge in [-0.05, 0) is 62.4 Å². The zero-order valence-corrected chi connectivity index (χ0v) is 37.2. The largest absolute Gasteiger partial charge is 0.332 e. The Morgan fingerprint density at radius 1 is 0.818 bits per heavy atom. The van der Waals surface area contributed by atoms with E-state index in [0.29, 0.717) is 12.5 Å². The highest BCUT2D eigenvalue weighted by Crippen LogP contribution is 2.17. The molecule has 0 spiro atoms. The van der Waals surface area contributed by atoms with Crippen LogP contribution in [-0.2, 0) is 22.8 Å². The molecule has 0 radical (unpaired) electrons. The predicted molar refractivity (Wildman–Crippen MR) is 230 cm³/mol. The SMILES string of the molecule is C.C.CC(C)(C)c1nn[nH]n1.CC(C)(C)n1cnc(CC#N)c1.CC(C)N1CCN(C)CC1.CC(C)n1cc([Si](C)(C)C)nn1.Cc1nc(C(C)(C)C)n[nH]1. The maximum absolute atomic E-state index is 8.43. The number of aryl methyl sites for hydroxylation is 1. The third kappa shape index (κ3) is 20.6. The van der Waals surface area contributed by atoms with E-state index in [4.69, 9.17) is 5.26 Å². The summed E-state index contributed by atoms with van der Waals surface area (Å²) in [6.07, 6.45) is 6.16. The maximum atomic E-state index is 8.43. The average molecular weight is 786 g/mol. The molecular weight excluding hydrogens is 707 g/mol. The Kier molecular flexibility index (Phi) is 22.6. The van der Waals surface area contributed by atoms with Crippen molar-refractivity contribution in [3.05, 3.63) is 41.9 Å². The molecule has 1 aliphatic rings. The van der Waals surface area contributed by atoms with E-state index in [2.05, 4.69) is 169 Å². The first-order valence-electron chi connectivity index (χ1n) is 18.6. The minimum Gasteiger partial charge on any atom is -0.332 e. The third-order valence-electron chi connectivity index (χ3n) is 8.03. The molecule has 4 aromatic rings. The van der Waals surface area contributed by atoms with E-state index in [1.807, 2.05) is 43.1 Å². The van der Waals surface area contributed by atoms with E-state index in [1.54, 1.807) is 6.33 Å². The number of tetrazole rings is 1. The average Bonchev–Trinajstić information content (AvgIpc) is 3.85. The molecule has 5 rings (SSSR count). The normalized spacial score (nSPS) is 13.7. The fourth-order valence-electron chi connectivity index (χ4n) is 4.27. The number of H-pyrrole nitrogens is 2. The molecule has 0 unspecified atom stereocenters. The van der Waals surface area contributed by atoms with Crippen LogP contribution in [0.4, 0.5) is 0 Å². The van der Waals surface area contributed by atoms with Gasteiger partial charge in [-0.3, -0.25) is 14.7 Å². The van der Waals surface area contributed by atoms with Crippen LogP contribution in [0.1, 0.15) is 134 Å². The summed E-state index contributed by atoms with van der Waals surface area (Å²) >= 11 is 0. The van der Waals surface area contributed by atoms with E-state index < -0.39 is 8.07 Å². The van der Waals surface area contributed by atoms with Crippen LogP contribution in [0.3, 0.4) is 0 Å². The van der Waals surface area contributed by atoms with Crippen molar-refractivity contribution in [1.82, 2.24) is 70.2 Å². The van der Waals surface area contributed by atoms with Crippen LogP contribution >= 0.6 is 0 Å². The lowest BCUT2D eigenvalue weighted by molar-refractivity contribution is 0.126. The first kappa shape index (κ1) is 53.3. The molecule has 5 heterocycles. The van der Waals surface area contributed by atoms with Crippen LogP contribution in [0, 0.1) is 18.3 Å². The van der Waals surface area contributed by atoms with Gasteiger partial charge in [-0.25, -0.2) is 9.97 Å². The van der Waals surface area contributed by atoms with Crippen molar-refractivity contribution in [3.63, 3.8) is 0 Å². The summed E-state index contributed by atoms with van der Waals surface area (Å²) in [5.74, 6) is 2.51. The van der Waals surface area contributed by atoms with Gasteiger partial charge in [0.05, 0.1) is 29.8 Å². The van der Waals surface area contributed by atoms with Gasteiger partial charge < -0.3 is 9.47 Å². The summed E-state index contributed by atoms with van der Waals surface area (Å²) in [6, 6.07) is 3.22. The molecule has 0 amide bonds. The Hall–Kier alpha value is -3.81. The van der Waals surface area contributed by atoms with Crippen LogP contribution in [0.2, 0.25) is 19.6 Å². The van der Waals surface area contributed by atoms with Gasteiger partial charge in [0, 0.05) is 67.0 Å². The molecule has 0 bridgehead atoms. The second kappa shape index (κ2) is 23.3. The molecule has 1 fully saturated rings. The van der Waals surface area contributed by atoms with Gasteiger partial charge >= 0.3 is 0 Å². The second-order valence-corrected chi connectivity index (χ2v) is 23.1. The van der Waals surface area contributed by atoms with Crippen LogP contribution < -0.4 is 5.32 Å². The maximum Gasteiger partial charge on any atom is 0.179 e. The second-order valence-electron chi connectivity index (χ2n) is 18.1. The highest BCUT2D eigenvalue weighted by Gasteiger charge is 2.21. The number of nitrogens with one attached hydrogen (secondary N) is 2. The van der Waals surface area contributed by atoms with Crippen molar-refractivity contribution in [2.75, 3.05) is 33.2 Å². The van der Waals surface area contributed by atoms with Crippen molar-refractivity contribution >= 4 is 13.4 Å². The number of hydrogen-bond acceptors (Lipinski definition) is 11. The number of hydrogen-bond donors (Lipinski definition) is 2. The highest BCUT2D eigenvalue weighted by atomic mass is 28.3. The predicted octanol–water partition coefficient (Wildman–Crippen LogP) is 6.93. The molecule has 16 heteroatoms. The van der Waals surface area contributed by atoms with E-state index in [-0.39, 0.29) is 31.2 Å². The number of nitriles is 1. The van der Waals surface area contributed by atoms with Gasteiger partial charge in [-0.1, -0.05) is 86.5 Å². The zero-order valence-electron chi connectivity index (χ0n) is 36.2. The highest BCUT2D eigenvalue weighted by molar-refractivity contribution is 6.88. The summed E-state index contributed by atoms with van der Waals surface area (Å²) in [5, 5.41) is 38.3. The van der Waals surface area contributed by atoms with Crippen molar-refractivity contribution in [2.45, 2.75) is 166 Å². The molecule has 314 valence electrons. The summed E-state index contributed by atoms with van der Waals surface area (Å²) in [6.45, 7) is 41.2.